The van der Waals surface area contributed by atoms with E-state index >= 15 is 0 Å². The summed E-state index contributed by atoms with van der Waals surface area (Å²) in [5.74, 6) is 0.350. The molecule has 0 aliphatic carbocycles. The van der Waals surface area contributed by atoms with Gasteiger partial charge in [-0.25, -0.2) is 4.39 Å². The SMILES string of the molecule is Cc1cc(F)cc(C)c1Oc1ccc(C(C)(C)O)cc1OB(O)O. The summed E-state index contributed by atoms with van der Waals surface area (Å²) in [6.45, 7) is 6.60. The number of ether oxygens (including phenoxy) is 1. The van der Waals surface area contributed by atoms with Crippen LogP contribution in [-0.4, -0.2) is 22.5 Å². The highest BCUT2D eigenvalue weighted by Crippen LogP contribution is 2.37. The Morgan fingerprint density at radius 2 is 1.58 bits per heavy atom. The smallest absolute Gasteiger partial charge is 0.509 e. The van der Waals surface area contributed by atoms with Gasteiger partial charge in [-0.2, -0.15) is 0 Å². The maximum Gasteiger partial charge on any atom is 0.707 e. The molecule has 0 aliphatic heterocycles. The minimum Gasteiger partial charge on any atom is -0.509 e. The molecule has 2 aromatic rings. The average molecular weight is 334 g/mol. The molecule has 0 aromatic heterocycles. The van der Waals surface area contributed by atoms with Crippen LogP contribution < -0.4 is 9.39 Å². The molecule has 5 nitrogen and oxygen atoms in total. The largest absolute Gasteiger partial charge is 0.707 e. The van der Waals surface area contributed by atoms with Gasteiger partial charge in [0.15, 0.2) is 5.75 Å². The van der Waals surface area contributed by atoms with Crippen LogP contribution in [0.25, 0.3) is 0 Å². The molecular formula is C17H20BFO5. The summed E-state index contributed by atoms with van der Waals surface area (Å²) >= 11 is 0. The zero-order valence-electron chi connectivity index (χ0n) is 14.0. The van der Waals surface area contributed by atoms with Gasteiger partial charge < -0.3 is 24.5 Å². The van der Waals surface area contributed by atoms with E-state index in [1.165, 1.54) is 18.2 Å². The minimum atomic E-state index is -2.04. The van der Waals surface area contributed by atoms with Crippen LogP contribution in [0, 0.1) is 19.7 Å². The second-order valence-electron chi connectivity index (χ2n) is 6.14. The number of aliphatic hydroxyl groups is 1. The Balaban J connectivity index is 2.46. The fourth-order valence-corrected chi connectivity index (χ4v) is 2.35. The van der Waals surface area contributed by atoms with E-state index in [1.807, 2.05) is 0 Å². The van der Waals surface area contributed by atoms with Crippen LogP contribution in [0.4, 0.5) is 4.39 Å². The number of benzene rings is 2. The molecule has 2 rings (SSSR count). The van der Waals surface area contributed by atoms with Crippen molar-refractivity contribution in [1.82, 2.24) is 0 Å². The van der Waals surface area contributed by atoms with Crippen molar-refractivity contribution in [1.29, 1.82) is 0 Å². The highest BCUT2D eigenvalue weighted by atomic mass is 19.1. The first-order valence-corrected chi connectivity index (χ1v) is 7.42. The summed E-state index contributed by atoms with van der Waals surface area (Å²) in [5.41, 5.74) is 0.556. The molecule has 0 fully saturated rings. The van der Waals surface area contributed by atoms with Gasteiger partial charge in [-0.3, -0.25) is 0 Å². The first-order chi connectivity index (χ1) is 11.1. The first kappa shape index (κ1) is 18.3. The molecule has 0 radical (unpaired) electrons. The maximum absolute atomic E-state index is 13.4. The van der Waals surface area contributed by atoms with Crippen molar-refractivity contribution in [2.75, 3.05) is 0 Å². The van der Waals surface area contributed by atoms with E-state index in [4.69, 9.17) is 19.4 Å². The quantitative estimate of drug-likeness (QED) is 0.733. The molecule has 7 heteroatoms. The van der Waals surface area contributed by atoms with Crippen molar-refractivity contribution in [3.63, 3.8) is 0 Å². The summed E-state index contributed by atoms with van der Waals surface area (Å²) in [4.78, 5) is 0. The summed E-state index contributed by atoms with van der Waals surface area (Å²) in [6.07, 6.45) is 0. The van der Waals surface area contributed by atoms with Gasteiger partial charge in [0.2, 0.25) is 0 Å². The van der Waals surface area contributed by atoms with Crippen LogP contribution >= 0.6 is 0 Å². The molecule has 0 aliphatic rings. The van der Waals surface area contributed by atoms with Gasteiger partial charge in [-0.05, 0) is 68.7 Å². The Kier molecular flexibility index (Phi) is 5.18. The normalized spacial score (nSPS) is 11.3. The van der Waals surface area contributed by atoms with Crippen LogP contribution in [0.5, 0.6) is 17.2 Å². The Hall–Kier alpha value is -2.09. The number of aryl methyl sites for hydroxylation is 2. The van der Waals surface area contributed by atoms with E-state index in [9.17, 15) is 9.50 Å². The second kappa shape index (κ2) is 6.80. The van der Waals surface area contributed by atoms with Gasteiger partial charge in [0.1, 0.15) is 17.3 Å². The van der Waals surface area contributed by atoms with E-state index in [2.05, 4.69) is 0 Å². The number of halogens is 1. The summed E-state index contributed by atoms with van der Waals surface area (Å²) in [7, 11) is -2.04. The fourth-order valence-electron chi connectivity index (χ4n) is 2.35. The highest BCUT2D eigenvalue weighted by molar-refractivity contribution is 6.33. The molecule has 128 valence electrons. The van der Waals surface area contributed by atoms with Crippen molar-refractivity contribution in [3.8, 4) is 17.2 Å². The average Bonchev–Trinajstić information content (AvgIpc) is 2.42. The summed E-state index contributed by atoms with van der Waals surface area (Å²) in [5, 5.41) is 28.3. The maximum atomic E-state index is 13.4. The van der Waals surface area contributed by atoms with Gasteiger partial charge in [0.25, 0.3) is 0 Å². The van der Waals surface area contributed by atoms with Crippen LogP contribution in [0.1, 0.15) is 30.5 Å². The molecule has 0 saturated heterocycles. The van der Waals surface area contributed by atoms with E-state index in [1.54, 1.807) is 39.8 Å². The number of hydrogen-bond acceptors (Lipinski definition) is 5. The van der Waals surface area contributed by atoms with Gasteiger partial charge >= 0.3 is 7.32 Å². The lowest BCUT2D eigenvalue weighted by Gasteiger charge is -2.21. The van der Waals surface area contributed by atoms with Crippen molar-refractivity contribution in [2.24, 2.45) is 0 Å². The lowest BCUT2D eigenvalue weighted by Crippen LogP contribution is -2.22. The monoisotopic (exact) mass is 334 g/mol. The first-order valence-electron chi connectivity index (χ1n) is 7.42. The highest BCUT2D eigenvalue weighted by Gasteiger charge is 2.22. The molecule has 0 heterocycles. The molecule has 0 unspecified atom stereocenters. The molecule has 24 heavy (non-hydrogen) atoms. The summed E-state index contributed by atoms with van der Waals surface area (Å²) in [6, 6.07) is 7.33. The van der Waals surface area contributed by atoms with Crippen molar-refractivity contribution < 1.29 is 28.9 Å². The zero-order valence-corrected chi connectivity index (χ0v) is 14.0. The van der Waals surface area contributed by atoms with Gasteiger partial charge in [0, 0.05) is 0 Å². The third-order valence-electron chi connectivity index (χ3n) is 3.52. The Morgan fingerprint density at radius 3 is 2.08 bits per heavy atom. The van der Waals surface area contributed by atoms with E-state index < -0.39 is 12.9 Å². The van der Waals surface area contributed by atoms with Gasteiger partial charge in [0.05, 0.1) is 5.60 Å². The molecular weight excluding hydrogens is 314 g/mol. The van der Waals surface area contributed by atoms with Crippen molar-refractivity contribution in [2.45, 2.75) is 33.3 Å². The topological polar surface area (TPSA) is 79.2 Å². The molecule has 0 atom stereocenters. The molecule has 0 saturated carbocycles. The van der Waals surface area contributed by atoms with E-state index in [-0.39, 0.29) is 17.3 Å². The minimum absolute atomic E-state index is 0.0488. The lowest BCUT2D eigenvalue weighted by atomic mass is 9.98. The van der Waals surface area contributed by atoms with Crippen LogP contribution in [-0.2, 0) is 5.60 Å². The number of hydrogen-bond donors (Lipinski definition) is 3. The summed E-state index contributed by atoms with van der Waals surface area (Å²) < 4.78 is 24.2. The van der Waals surface area contributed by atoms with E-state index in [0.29, 0.717) is 22.4 Å². The van der Waals surface area contributed by atoms with Gasteiger partial charge in [-0.15, -0.1) is 0 Å². The number of rotatable bonds is 5. The van der Waals surface area contributed by atoms with E-state index in [0.717, 1.165) is 0 Å². The van der Waals surface area contributed by atoms with Gasteiger partial charge in [-0.1, -0.05) is 6.07 Å². The molecule has 0 amide bonds. The Bertz CT molecular complexity index is 717. The second-order valence-corrected chi connectivity index (χ2v) is 6.14. The predicted octanol–water partition coefficient (Wildman–Crippen LogP) is 2.81. The predicted molar refractivity (Wildman–Crippen MR) is 88.5 cm³/mol. The third-order valence-corrected chi connectivity index (χ3v) is 3.52. The molecule has 3 N–H and O–H groups in total. The lowest BCUT2D eigenvalue weighted by molar-refractivity contribution is 0.0782. The van der Waals surface area contributed by atoms with Crippen molar-refractivity contribution >= 4 is 7.32 Å². The fraction of sp³-hybridized carbons (Fsp3) is 0.294. The standard InChI is InChI=1S/C17H20BFO5/c1-10-7-13(19)8-11(2)16(10)23-14-6-5-12(17(3,4)20)9-15(14)24-18(21)22/h5-9,20-22H,1-4H3. The third kappa shape index (κ3) is 4.26. The van der Waals surface area contributed by atoms with Crippen LogP contribution in [0.2, 0.25) is 0 Å². The molecule has 0 bridgehead atoms. The molecule has 2 aromatic carbocycles. The Morgan fingerprint density at radius 1 is 1.00 bits per heavy atom. The van der Waals surface area contributed by atoms with Crippen LogP contribution in [0.3, 0.4) is 0 Å². The van der Waals surface area contributed by atoms with Crippen LogP contribution in [0.15, 0.2) is 30.3 Å². The zero-order chi connectivity index (χ0) is 18.1. The molecule has 0 spiro atoms. The van der Waals surface area contributed by atoms with Crippen molar-refractivity contribution in [3.05, 3.63) is 52.8 Å². The Labute approximate surface area is 140 Å².